The summed E-state index contributed by atoms with van der Waals surface area (Å²) in [6.07, 6.45) is 18.1. The summed E-state index contributed by atoms with van der Waals surface area (Å²) in [5.74, 6) is 0.139. The van der Waals surface area contributed by atoms with Crippen LogP contribution in [-0.4, -0.2) is 118 Å². The number of Topliss-reactive ketones (excluding diaryl/α,β-unsaturated/α-hetero) is 3. The lowest BCUT2D eigenvalue weighted by atomic mass is 9.91. The SMILES string of the molecule is CC(=O)c1cnc(-c2cnc3ccc(F)cn23)nc1C[C@@H]1CCCN(C(=O)OC(C)(C)C)C1.CC(=O)c1cnc(-c2cnc3ccc(F)cn23)nc1C[C@@H]1CCCNC1.CC(=O)c1cnc(-c2cnc3ccc(F)cn23)nc1Cl. The van der Waals surface area contributed by atoms with E-state index in [0.29, 0.717) is 87.9 Å². The van der Waals surface area contributed by atoms with Gasteiger partial charge in [-0.2, -0.15) is 0 Å². The minimum atomic E-state index is -0.555. The van der Waals surface area contributed by atoms with Gasteiger partial charge in [-0.3, -0.25) is 27.6 Å². The molecule has 11 rings (SSSR count). The molecule has 2 aliphatic rings. The quantitative estimate of drug-likeness (QED) is 0.0994. The van der Waals surface area contributed by atoms with Crippen LogP contribution in [-0.2, 0) is 17.6 Å². The average molecular weight is 1100 g/mol. The first-order valence-electron chi connectivity index (χ1n) is 25.6. The topological polar surface area (TPSA) is 222 Å². The highest BCUT2D eigenvalue weighted by Crippen LogP contribution is 2.28. The minimum absolute atomic E-state index is 0.0421. The number of hydrogen-bond acceptors (Lipinski definition) is 15. The third-order valence-electron chi connectivity index (χ3n) is 13.2. The van der Waals surface area contributed by atoms with E-state index in [0.717, 1.165) is 50.9 Å². The van der Waals surface area contributed by atoms with Crippen molar-refractivity contribution in [2.45, 2.75) is 85.7 Å². The van der Waals surface area contributed by atoms with E-state index in [-0.39, 0.29) is 51.7 Å². The number of carbonyl (C=O) groups excluding carboxylic acids is 4. The maximum atomic E-state index is 13.8. The first-order valence-corrected chi connectivity index (χ1v) is 26.0. The van der Waals surface area contributed by atoms with Gasteiger partial charge in [-0.15, -0.1) is 0 Å². The number of imidazole rings is 3. The zero-order chi connectivity index (χ0) is 56.1. The summed E-state index contributed by atoms with van der Waals surface area (Å²) in [5.41, 5.74) is 5.48. The van der Waals surface area contributed by atoms with E-state index in [1.165, 1.54) is 80.6 Å². The predicted molar refractivity (Wildman–Crippen MR) is 287 cm³/mol. The van der Waals surface area contributed by atoms with Crippen molar-refractivity contribution in [2.24, 2.45) is 11.8 Å². The standard InChI is InChI=1S/C24H28FN5O3.C19H20FN5O.C13H8ClFN4O/c1-15(31)18-11-27-22(20-12-26-21-8-7-17(25)14-30(20)21)28-19(18)10-16-6-5-9-29(13-16)23(32)33-24(2,3)4;1-12(26)15-9-23-19(24-16(15)7-13-3-2-6-21-8-13)17-10-22-18-5-4-14(20)11-25(17)18;1-7(20)9-4-17-13(18-12(9)14)10-5-16-11-3-2-8(15)6-19(10)11/h7-8,11-12,14,16H,5-6,9-10,13H2,1-4H3;4-5,9-11,13,21H,2-3,6-8H2,1H3;2-6H,1H3/t16-;13-;/m00./s1. The van der Waals surface area contributed by atoms with Crippen LogP contribution >= 0.6 is 11.6 Å². The van der Waals surface area contributed by atoms with E-state index in [1.807, 2.05) is 20.8 Å². The van der Waals surface area contributed by atoms with Crippen LogP contribution in [0.25, 0.3) is 51.5 Å². The van der Waals surface area contributed by atoms with Crippen LogP contribution in [0, 0.1) is 29.3 Å². The lowest BCUT2D eigenvalue weighted by Crippen LogP contribution is -2.43. The van der Waals surface area contributed by atoms with E-state index in [9.17, 15) is 32.3 Å². The highest BCUT2D eigenvalue weighted by atomic mass is 35.5. The molecule has 79 heavy (non-hydrogen) atoms. The fourth-order valence-corrected chi connectivity index (χ4v) is 9.69. The number of halogens is 4. The zero-order valence-corrected chi connectivity index (χ0v) is 45.0. The third kappa shape index (κ3) is 13.1. The van der Waals surface area contributed by atoms with Crippen LogP contribution in [0.5, 0.6) is 0 Å². The molecule has 0 bridgehead atoms. The summed E-state index contributed by atoms with van der Waals surface area (Å²) < 4.78 is 51.0. The molecule has 408 valence electrons. The van der Waals surface area contributed by atoms with Gasteiger partial charge in [0.25, 0.3) is 0 Å². The molecule has 2 saturated heterocycles. The molecule has 9 aromatic heterocycles. The molecule has 0 aliphatic carbocycles. The van der Waals surface area contributed by atoms with Crippen LogP contribution in [0.15, 0.2) is 92.2 Å². The highest BCUT2D eigenvalue weighted by molar-refractivity contribution is 6.32. The number of rotatable bonds is 10. The Bertz CT molecular complexity index is 3760. The van der Waals surface area contributed by atoms with Crippen molar-refractivity contribution in [2.75, 3.05) is 26.2 Å². The van der Waals surface area contributed by atoms with E-state index in [1.54, 1.807) is 50.5 Å². The van der Waals surface area contributed by atoms with Crippen molar-refractivity contribution in [3.63, 3.8) is 0 Å². The van der Waals surface area contributed by atoms with Crippen molar-refractivity contribution in [3.05, 3.63) is 143 Å². The maximum absolute atomic E-state index is 13.8. The van der Waals surface area contributed by atoms with Gasteiger partial charge in [0, 0.05) is 50.3 Å². The normalized spacial score (nSPS) is 15.5. The maximum Gasteiger partial charge on any atom is 0.410 e. The number of carbonyl (C=O) groups is 4. The number of ketones is 3. The largest absolute Gasteiger partial charge is 0.444 e. The minimum Gasteiger partial charge on any atom is -0.444 e. The summed E-state index contributed by atoms with van der Waals surface area (Å²) in [7, 11) is 0. The molecule has 0 spiro atoms. The van der Waals surface area contributed by atoms with Crippen LogP contribution in [0.1, 0.15) is 110 Å². The molecule has 0 saturated carbocycles. The summed E-state index contributed by atoms with van der Waals surface area (Å²) in [6, 6.07) is 8.77. The van der Waals surface area contributed by atoms with Crippen LogP contribution in [0.2, 0.25) is 5.15 Å². The van der Waals surface area contributed by atoms with Gasteiger partial charge >= 0.3 is 6.09 Å². The Morgan fingerprint density at radius 2 is 1.03 bits per heavy atom. The van der Waals surface area contributed by atoms with Gasteiger partial charge in [-0.1, -0.05) is 11.6 Å². The fourth-order valence-electron chi connectivity index (χ4n) is 9.43. The number of aromatic nitrogens is 12. The first kappa shape index (κ1) is 55.4. The number of likely N-dealkylation sites (tertiary alicyclic amines) is 1. The predicted octanol–water partition coefficient (Wildman–Crippen LogP) is 9.78. The Hall–Kier alpha value is -8.37. The second-order valence-electron chi connectivity index (χ2n) is 20.4. The van der Waals surface area contributed by atoms with Gasteiger partial charge in [0.05, 0.1) is 46.7 Å². The molecular weight excluding hydrogens is 1040 g/mol. The molecule has 19 nitrogen and oxygen atoms in total. The number of fused-ring (bicyclic) bond motifs is 3. The summed E-state index contributed by atoms with van der Waals surface area (Å²) in [6.45, 7) is 13.1. The van der Waals surface area contributed by atoms with Crippen LogP contribution in [0.3, 0.4) is 0 Å². The van der Waals surface area contributed by atoms with Crippen molar-refractivity contribution in [1.82, 2.24) is 68.3 Å². The summed E-state index contributed by atoms with van der Waals surface area (Å²) in [5, 5.41) is 3.46. The van der Waals surface area contributed by atoms with Gasteiger partial charge in [-0.25, -0.2) is 62.8 Å². The fraction of sp³-hybridized carbons (Fsp3) is 0.339. The first-order chi connectivity index (χ1) is 37.8. The Kier molecular flexibility index (Phi) is 16.6. The van der Waals surface area contributed by atoms with E-state index < -0.39 is 17.2 Å². The molecule has 2 atom stereocenters. The Morgan fingerprint density at radius 1 is 0.595 bits per heavy atom. The molecular formula is C56H56ClF3N14O5. The molecule has 9 aromatic rings. The van der Waals surface area contributed by atoms with Gasteiger partial charge in [0.2, 0.25) is 0 Å². The van der Waals surface area contributed by atoms with E-state index in [4.69, 9.17) is 16.3 Å². The monoisotopic (exact) mass is 1100 g/mol. The zero-order valence-electron chi connectivity index (χ0n) is 44.3. The molecule has 0 unspecified atom stereocenters. The van der Waals surface area contributed by atoms with Crippen LogP contribution < -0.4 is 5.32 Å². The Labute approximate surface area is 456 Å². The van der Waals surface area contributed by atoms with Crippen molar-refractivity contribution < 1.29 is 37.1 Å². The van der Waals surface area contributed by atoms with E-state index in [2.05, 4.69) is 50.2 Å². The number of ether oxygens (including phenoxy) is 1. The van der Waals surface area contributed by atoms with Gasteiger partial charge in [-0.05, 0) is 141 Å². The Morgan fingerprint density at radius 3 is 1.44 bits per heavy atom. The second-order valence-corrected chi connectivity index (χ2v) is 20.7. The molecule has 11 heterocycles. The number of piperidine rings is 2. The van der Waals surface area contributed by atoms with Gasteiger partial charge < -0.3 is 15.0 Å². The summed E-state index contributed by atoms with van der Waals surface area (Å²) >= 11 is 5.95. The average Bonchev–Trinajstić information content (AvgIpc) is 4.33. The lowest BCUT2D eigenvalue weighted by molar-refractivity contribution is 0.0165. The number of amides is 1. The molecule has 2 aliphatic heterocycles. The molecule has 2 fully saturated rings. The molecule has 1 amide bonds. The van der Waals surface area contributed by atoms with Crippen molar-refractivity contribution >= 4 is 52.0 Å². The van der Waals surface area contributed by atoms with Gasteiger partial charge in [0.1, 0.15) is 62.2 Å². The van der Waals surface area contributed by atoms with Crippen molar-refractivity contribution in [3.8, 4) is 34.6 Å². The molecule has 0 radical (unpaired) electrons. The number of nitrogens with one attached hydrogen (secondary N) is 1. The number of nitrogens with zero attached hydrogens (tertiary/aromatic N) is 13. The molecule has 23 heteroatoms. The van der Waals surface area contributed by atoms with Crippen LogP contribution in [0.4, 0.5) is 18.0 Å². The lowest BCUT2D eigenvalue weighted by Gasteiger charge is -2.34. The summed E-state index contributed by atoms with van der Waals surface area (Å²) in [4.78, 5) is 88.7. The van der Waals surface area contributed by atoms with Crippen molar-refractivity contribution in [1.29, 1.82) is 0 Å². The Balaban J connectivity index is 0.000000148. The smallest absolute Gasteiger partial charge is 0.410 e. The van der Waals surface area contributed by atoms with Gasteiger partial charge in [0.15, 0.2) is 34.8 Å². The number of pyridine rings is 3. The number of hydrogen-bond donors (Lipinski definition) is 1. The second kappa shape index (κ2) is 23.7. The third-order valence-corrected chi connectivity index (χ3v) is 13.5. The highest BCUT2D eigenvalue weighted by Gasteiger charge is 2.29. The molecule has 0 aromatic carbocycles. The molecule has 1 N–H and O–H groups in total. The van der Waals surface area contributed by atoms with E-state index >= 15 is 0 Å².